The molecule has 0 saturated heterocycles. The molecule has 0 radical (unpaired) electrons. The fourth-order valence-corrected chi connectivity index (χ4v) is 3.68. The van der Waals surface area contributed by atoms with Gasteiger partial charge in [0.15, 0.2) is 0 Å². The number of hydrogen-bond acceptors (Lipinski definition) is 4. The maximum Gasteiger partial charge on any atom is 0.331 e. The SMILES string of the molecule is COC(=O)C1(NC(=O)CSc2ccc(Br)cc2)CCCCC1. The number of esters is 1. The number of carbonyl (C=O) groups is 2. The molecule has 4 nitrogen and oxygen atoms in total. The van der Waals surface area contributed by atoms with E-state index in [0.717, 1.165) is 28.6 Å². The van der Waals surface area contributed by atoms with Crippen molar-refractivity contribution in [3.05, 3.63) is 28.7 Å². The van der Waals surface area contributed by atoms with E-state index >= 15 is 0 Å². The van der Waals surface area contributed by atoms with Crippen molar-refractivity contribution in [1.82, 2.24) is 5.32 Å². The highest BCUT2D eigenvalue weighted by molar-refractivity contribution is 9.10. The van der Waals surface area contributed by atoms with Gasteiger partial charge in [0.1, 0.15) is 5.54 Å². The maximum atomic E-state index is 12.2. The summed E-state index contributed by atoms with van der Waals surface area (Å²) in [6.45, 7) is 0. The third kappa shape index (κ3) is 4.49. The van der Waals surface area contributed by atoms with E-state index in [2.05, 4.69) is 21.2 Å². The van der Waals surface area contributed by atoms with Crippen LogP contribution in [0.3, 0.4) is 0 Å². The van der Waals surface area contributed by atoms with Crippen LogP contribution >= 0.6 is 27.7 Å². The molecule has 2 rings (SSSR count). The van der Waals surface area contributed by atoms with Crippen LogP contribution in [0.2, 0.25) is 0 Å². The molecule has 1 amide bonds. The lowest BCUT2D eigenvalue weighted by Crippen LogP contribution is -2.56. The molecule has 6 heteroatoms. The topological polar surface area (TPSA) is 55.4 Å². The molecule has 1 aliphatic rings. The van der Waals surface area contributed by atoms with E-state index in [1.807, 2.05) is 24.3 Å². The molecule has 0 atom stereocenters. The fourth-order valence-electron chi connectivity index (χ4n) is 2.71. The van der Waals surface area contributed by atoms with Crippen LogP contribution in [-0.4, -0.2) is 30.3 Å². The number of amides is 1. The Morgan fingerprint density at radius 1 is 1.23 bits per heavy atom. The predicted octanol–water partition coefficient (Wildman–Crippen LogP) is 3.53. The van der Waals surface area contributed by atoms with E-state index < -0.39 is 5.54 Å². The zero-order chi connectivity index (χ0) is 16.0. The summed E-state index contributed by atoms with van der Waals surface area (Å²) in [5.74, 6) is -0.158. The Bertz CT molecular complexity index is 527. The number of hydrogen-bond donors (Lipinski definition) is 1. The van der Waals surface area contributed by atoms with Crippen molar-refractivity contribution in [2.24, 2.45) is 0 Å². The minimum atomic E-state index is -0.829. The second-order valence-corrected chi connectivity index (χ2v) is 7.39. The number of nitrogens with one attached hydrogen (secondary N) is 1. The molecule has 1 aliphatic carbocycles. The summed E-state index contributed by atoms with van der Waals surface area (Å²) < 4.78 is 5.91. The minimum absolute atomic E-state index is 0.125. The molecule has 0 spiro atoms. The molecule has 0 heterocycles. The lowest BCUT2D eigenvalue weighted by molar-refractivity contribution is -0.152. The first-order valence-electron chi connectivity index (χ1n) is 7.33. The van der Waals surface area contributed by atoms with E-state index in [4.69, 9.17) is 4.74 Å². The lowest BCUT2D eigenvalue weighted by atomic mass is 9.81. The highest BCUT2D eigenvalue weighted by Crippen LogP contribution is 2.30. The van der Waals surface area contributed by atoms with Gasteiger partial charge in [0.05, 0.1) is 12.9 Å². The van der Waals surface area contributed by atoms with Crippen LogP contribution in [0.1, 0.15) is 32.1 Å². The maximum absolute atomic E-state index is 12.2. The van der Waals surface area contributed by atoms with E-state index in [0.29, 0.717) is 18.6 Å². The molecular formula is C16H20BrNO3S. The zero-order valence-electron chi connectivity index (χ0n) is 12.6. The van der Waals surface area contributed by atoms with Gasteiger partial charge in [-0.3, -0.25) is 4.79 Å². The Balaban J connectivity index is 1.93. The molecule has 1 N–H and O–H groups in total. The quantitative estimate of drug-likeness (QED) is 0.621. The van der Waals surface area contributed by atoms with Crippen LogP contribution in [0, 0.1) is 0 Å². The average Bonchev–Trinajstić information content (AvgIpc) is 2.54. The van der Waals surface area contributed by atoms with Gasteiger partial charge < -0.3 is 10.1 Å². The smallest absolute Gasteiger partial charge is 0.331 e. The van der Waals surface area contributed by atoms with Gasteiger partial charge in [-0.2, -0.15) is 0 Å². The summed E-state index contributed by atoms with van der Waals surface area (Å²) >= 11 is 4.84. The molecule has 0 bridgehead atoms. The van der Waals surface area contributed by atoms with Crippen molar-refractivity contribution in [2.75, 3.05) is 12.9 Å². The number of thioether (sulfide) groups is 1. The molecule has 120 valence electrons. The highest BCUT2D eigenvalue weighted by Gasteiger charge is 2.41. The zero-order valence-corrected chi connectivity index (χ0v) is 15.0. The Labute approximate surface area is 143 Å². The van der Waals surface area contributed by atoms with Crippen molar-refractivity contribution < 1.29 is 14.3 Å². The summed E-state index contributed by atoms with van der Waals surface area (Å²) in [5.41, 5.74) is -0.829. The molecule has 1 aromatic rings. The number of carbonyl (C=O) groups excluding carboxylic acids is 2. The third-order valence-corrected chi connectivity index (χ3v) is 5.39. The van der Waals surface area contributed by atoms with Gasteiger partial charge in [-0.15, -0.1) is 11.8 Å². The monoisotopic (exact) mass is 385 g/mol. The van der Waals surface area contributed by atoms with Crippen molar-refractivity contribution in [2.45, 2.75) is 42.5 Å². The first kappa shape index (κ1) is 17.3. The molecule has 1 aromatic carbocycles. The minimum Gasteiger partial charge on any atom is -0.467 e. The fraction of sp³-hybridized carbons (Fsp3) is 0.500. The van der Waals surface area contributed by atoms with Gasteiger partial charge in [-0.05, 0) is 37.1 Å². The van der Waals surface area contributed by atoms with Crippen LogP contribution in [0.15, 0.2) is 33.6 Å². The van der Waals surface area contributed by atoms with Crippen LogP contribution in [-0.2, 0) is 14.3 Å². The second kappa shape index (κ2) is 8.02. The highest BCUT2D eigenvalue weighted by atomic mass is 79.9. The molecule has 0 aliphatic heterocycles. The Morgan fingerprint density at radius 3 is 2.45 bits per heavy atom. The first-order chi connectivity index (χ1) is 10.6. The van der Waals surface area contributed by atoms with Crippen LogP contribution < -0.4 is 5.32 Å². The Morgan fingerprint density at radius 2 is 1.86 bits per heavy atom. The van der Waals surface area contributed by atoms with E-state index in [1.54, 1.807) is 0 Å². The van der Waals surface area contributed by atoms with Gasteiger partial charge >= 0.3 is 5.97 Å². The first-order valence-corrected chi connectivity index (χ1v) is 9.11. The number of benzene rings is 1. The van der Waals surface area contributed by atoms with Gasteiger partial charge in [-0.1, -0.05) is 35.2 Å². The standard InChI is InChI=1S/C16H20BrNO3S/c1-21-15(20)16(9-3-2-4-10-16)18-14(19)11-22-13-7-5-12(17)6-8-13/h5-8H,2-4,9-11H2,1H3,(H,18,19). The molecule has 22 heavy (non-hydrogen) atoms. The Hall–Kier alpha value is -1.01. The van der Waals surface area contributed by atoms with E-state index in [-0.39, 0.29) is 11.9 Å². The summed E-state index contributed by atoms with van der Waals surface area (Å²) in [4.78, 5) is 25.3. The predicted molar refractivity (Wildman–Crippen MR) is 90.8 cm³/mol. The summed E-state index contributed by atoms with van der Waals surface area (Å²) in [6.07, 6.45) is 4.30. The summed E-state index contributed by atoms with van der Waals surface area (Å²) in [5, 5.41) is 2.92. The molecule has 1 saturated carbocycles. The molecule has 1 fully saturated rings. The van der Waals surface area contributed by atoms with E-state index in [9.17, 15) is 9.59 Å². The van der Waals surface area contributed by atoms with Gasteiger partial charge in [-0.25, -0.2) is 4.79 Å². The normalized spacial score (nSPS) is 16.8. The molecule has 0 unspecified atom stereocenters. The number of rotatable bonds is 5. The van der Waals surface area contributed by atoms with Crippen molar-refractivity contribution >= 4 is 39.6 Å². The summed E-state index contributed by atoms with van der Waals surface area (Å²) in [6, 6.07) is 7.80. The van der Waals surface area contributed by atoms with Gasteiger partial charge in [0.2, 0.25) is 5.91 Å². The van der Waals surface area contributed by atoms with Gasteiger partial charge in [0, 0.05) is 9.37 Å². The molecular weight excluding hydrogens is 366 g/mol. The number of halogens is 1. The average molecular weight is 386 g/mol. The largest absolute Gasteiger partial charge is 0.467 e. The van der Waals surface area contributed by atoms with Crippen molar-refractivity contribution in [3.63, 3.8) is 0 Å². The van der Waals surface area contributed by atoms with Crippen LogP contribution in [0.5, 0.6) is 0 Å². The second-order valence-electron chi connectivity index (χ2n) is 5.43. The number of ether oxygens (including phenoxy) is 1. The van der Waals surface area contributed by atoms with Crippen molar-refractivity contribution in [3.8, 4) is 0 Å². The summed E-state index contributed by atoms with van der Waals surface area (Å²) in [7, 11) is 1.38. The third-order valence-electron chi connectivity index (χ3n) is 3.85. The van der Waals surface area contributed by atoms with Gasteiger partial charge in [0.25, 0.3) is 0 Å². The number of methoxy groups -OCH3 is 1. The lowest BCUT2D eigenvalue weighted by Gasteiger charge is -2.35. The van der Waals surface area contributed by atoms with Crippen LogP contribution in [0.25, 0.3) is 0 Å². The van der Waals surface area contributed by atoms with Crippen LogP contribution in [0.4, 0.5) is 0 Å². The Kier molecular flexibility index (Phi) is 6.32. The molecule has 0 aromatic heterocycles. The van der Waals surface area contributed by atoms with E-state index in [1.165, 1.54) is 18.9 Å². The van der Waals surface area contributed by atoms with Crippen molar-refractivity contribution in [1.29, 1.82) is 0 Å².